The van der Waals surface area contributed by atoms with E-state index in [4.69, 9.17) is 0 Å². The number of halogens is 2. The van der Waals surface area contributed by atoms with Crippen molar-refractivity contribution in [3.8, 4) is 0 Å². The summed E-state index contributed by atoms with van der Waals surface area (Å²) >= 11 is 5.71. The van der Waals surface area contributed by atoms with Gasteiger partial charge in [0.2, 0.25) is 0 Å². The first-order valence-corrected chi connectivity index (χ1v) is 8.30. The fourth-order valence-corrected chi connectivity index (χ4v) is 2.96. The molecule has 0 unspecified atom stereocenters. The number of amides is 1. The summed E-state index contributed by atoms with van der Waals surface area (Å²) in [6.07, 6.45) is 0. The van der Waals surface area contributed by atoms with Crippen molar-refractivity contribution in [2.24, 2.45) is 0 Å². The van der Waals surface area contributed by atoms with Crippen molar-refractivity contribution in [1.82, 2.24) is 4.90 Å². The first-order chi connectivity index (χ1) is 9.88. The van der Waals surface area contributed by atoms with Crippen LogP contribution in [0.15, 0.2) is 40.9 Å². The zero-order valence-corrected chi connectivity index (χ0v) is 15.8. The molecule has 0 aromatic heterocycles. The third kappa shape index (κ3) is 3.97. The standard InChI is InChI=1S/C16H16BrIN2O/c1-10-8-12(18)5-7-14(10)19-15-6-4-11(17)9-13(15)16(21)20(2)3/h4-9,19H,1-3H3. The Morgan fingerprint density at radius 2 is 1.81 bits per heavy atom. The van der Waals surface area contributed by atoms with Gasteiger partial charge < -0.3 is 10.2 Å². The van der Waals surface area contributed by atoms with E-state index < -0.39 is 0 Å². The second-order valence-electron chi connectivity index (χ2n) is 4.97. The van der Waals surface area contributed by atoms with Crippen LogP contribution >= 0.6 is 38.5 Å². The van der Waals surface area contributed by atoms with Gasteiger partial charge in [-0.1, -0.05) is 15.9 Å². The van der Waals surface area contributed by atoms with Gasteiger partial charge >= 0.3 is 0 Å². The monoisotopic (exact) mass is 458 g/mol. The molecule has 2 rings (SSSR count). The Labute approximate surface area is 147 Å². The molecule has 0 saturated carbocycles. The third-order valence-corrected chi connectivity index (χ3v) is 4.24. The molecule has 0 saturated heterocycles. The number of hydrogen-bond acceptors (Lipinski definition) is 2. The largest absolute Gasteiger partial charge is 0.355 e. The van der Waals surface area contributed by atoms with E-state index in [0.717, 1.165) is 21.4 Å². The van der Waals surface area contributed by atoms with Gasteiger partial charge in [0, 0.05) is 27.8 Å². The lowest BCUT2D eigenvalue weighted by atomic mass is 10.1. The van der Waals surface area contributed by atoms with Gasteiger partial charge in [0.1, 0.15) is 0 Å². The number of nitrogens with zero attached hydrogens (tertiary/aromatic N) is 1. The SMILES string of the molecule is Cc1cc(I)ccc1Nc1ccc(Br)cc1C(=O)N(C)C. The number of nitrogens with one attached hydrogen (secondary N) is 1. The van der Waals surface area contributed by atoms with Gasteiger partial charge in [-0.2, -0.15) is 0 Å². The minimum atomic E-state index is -0.0260. The summed E-state index contributed by atoms with van der Waals surface area (Å²) in [5.74, 6) is -0.0260. The van der Waals surface area contributed by atoms with E-state index in [-0.39, 0.29) is 5.91 Å². The van der Waals surface area contributed by atoms with Crippen molar-refractivity contribution in [3.63, 3.8) is 0 Å². The Hall–Kier alpha value is -1.08. The second kappa shape index (κ2) is 6.79. The molecule has 0 aliphatic carbocycles. The highest BCUT2D eigenvalue weighted by atomic mass is 127. The number of carbonyl (C=O) groups excluding carboxylic acids is 1. The first kappa shape index (κ1) is 16.3. The maximum Gasteiger partial charge on any atom is 0.255 e. The molecule has 0 atom stereocenters. The van der Waals surface area contributed by atoms with Crippen LogP contribution in [0.3, 0.4) is 0 Å². The van der Waals surface area contributed by atoms with Gasteiger partial charge in [-0.15, -0.1) is 0 Å². The molecule has 0 aliphatic heterocycles. The molecule has 1 amide bonds. The number of anilines is 2. The highest BCUT2D eigenvalue weighted by Crippen LogP contribution is 2.27. The van der Waals surface area contributed by atoms with Crippen LogP contribution in [0.1, 0.15) is 15.9 Å². The van der Waals surface area contributed by atoms with Gasteiger partial charge in [-0.05, 0) is 71.5 Å². The molecule has 0 spiro atoms. The van der Waals surface area contributed by atoms with Crippen LogP contribution in [0.5, 0.6) is 0 Å². The van der Waals surface area contributed by atoms with Crippen molar-refractivity contribution in [1.29, 1.82) is 0 Å². The Morgan fingerprint density at radius 1 is 1.14 bits per heavy atom. The lowest BCUT2D eigenvalue weighted by Gasteiger charge is -2.17. The van der Waals surface area contributed by atoms with Crippen molar-refractivity contribution in [2.45, 2.75) is 6.92 Å². The fraction of sp³-hybridized carbons (Fsp3) is 0.188. The molecule has 2 aromatic carbocycles. The van der Waals surface area contributed by atoms with E-state index in [1.807, 2.05) is 30.3 Å². The van der Waals surface area contributed by atoms with Crippen molar-refractivity contribution < 1.29 is 4.79 Å². The van der Waals surface area contributed by atoms with E-state index >= 15 is 0 Å². The van der Waals surface area contributed by atoms with Crippen LogP contribution in [0.4, 0.5) is 11.4 Å². The molecule has 1 N–H and O–H groups in total. The van der Waals surface area contributed by atoms with E-state index in [2.05, 4.69) is 56.8 Å². The molecule has 5 heteroatoms. The van der Waals surface area contributed by atoms with Crippen LogP contribution in [0.25, 0.3) is 0 Å². The Balaban J connectivity index is 2.42. The summed E-state index contributed by atoms with van der Waals surface area (Å²) in [6, 6.07) is 11.9. The van der Waals surface area contributed by atoms with E-state index in [1.165, 1.54) is 3.57 Å². The smallest absolute Gasteiger partial charge is 0.255 e. The van der Waals surface area contributed by atoms with Crippen molar-refractivity contribution >= 4 is 55.8 Å². The zero-order chi connectivity index (χ0) is 15.6. The molecule has 3 nitrogen and oxygen atoms in total. The normalized spacial score (nSPS) is 10.3. The third-order valence-electron chi connectivity index (χ3n) is 3.08. The Morgan fingerprint density at radius 3 is 2.43 bits per heavy atom. The minimum Gasteiger partial charge on any atom is -0.355 e. The topological polar surface area (TPSA) is 32.3 Å². The summed E-state index contributed by atoms with van der Waals surface area (Å²) < 4.78 is 2.08. The van der Waals surface area contributed by atoms with Crippen LogP contribution in [-0.2, 0) is 0 Å². The molecule has 0 radical (unpaired) electrons. The molecule has 0 aliphatic rings. The number of rotatable bonds is 3. The van der Waals surface area contributed by atoms with E-state index in [1.54, 1.807) is 19.0 Å². The lowest BCUT2D eigenvalue weighted by Crippen LogP contribution is -2.22. The minimum absolute atomic E-state index is 0.0260. The fourth-order valence-electron chi connectivity index (χ4n) is 1.96. The Kier molecular flexibility index (Phi) is 5.27. The highest BCUT2D eigenvalue weighted by Gasteiger charge is 2.14. The highest BCUT2D eigenvalue weighted by molar-refractivity contribution is 14.1. The van der Waals surface area contributed by atoms with E-state index in [9.17, 15) is 4.79 Å². The van der Waals surface area contributed by atoms with Crippen molar-refractivity contribution in [3.05, 3.63) is 55.6 Å². The van der Waals surface area contributed by atoms with Gasteiger partial charge in [-0.3, -0.25) is 4.79 Å². The molecular formula is C16H16BrIN2O. The molecule has 0 fully saturated rings. The first-order valence-electron chi connectivity index (χ1n) is 6.43. The average molecular weight is 459 g/mol. The predicted octanol–water partition coefficient (Wildman–Crippen LogP) is 4.81. The maximum atomic E-state index is 12.3. The van der Waals surface area contributed by atoms with Crippen molar-refractivity contribution in [2.75, 3.05) is 19.4 Å². The summed E-state index contributed by atoms with van der Waals surface area (Å²) in [5.41, 5.74) is 3.60. The van der Waals surface area contributed by atoms with Gasteiger partial charge in [-0.25, -0.2) is 0 Å². The lowest BCUT2D eigenvalue weighted by molar-refractivity contribution is 0.0828. The maximum absolute atomic E-state index is 12.3. The predicted molar refractivity (Wildman–Crippen MR) is 99.3 cm³/mol. The second-order valence-corrected chi connectivity index (χ2v) is 7.14. The number of benzene rings is 2. The Bertz CT molecular complexity index is 686. The summed E-state index contributed by atoms with van der Waals surface area (Å²) in [7, 11) is 3.51. The number of carbonyl (C=O) groups is 1. The summed E-state index contributed by atoms with van der Waals surface area (Å²) in [5, 5.41) is 3.36. The molecule has 0 bridgehead atoms. The number of aryl methyl sites for hydroxylation is 1. The van der Waals surface area contributed by atoms with E-state index in [0.29, 0.717) is 5.56 Å². The van der Waals surface area contributed by atoms with Gasteiger partial charge in [0.15, 0.2) is 0 Å². The molecule has 2 aromatic rings. The molecule has 21 heavy (non-hydrogen) atoms. The quantitative estimate of drug-likeness (QED) is 0.669. The van der Waals surface area contributed by atoms with Crippen LogP contribution < -0.4 is 5.32 Å². The van der Waals surface area contributed by atoms with Crippen LogP contribution in [0.2, 0.25) is 0 Å². The molecule has 0 heterocycles. The molecular weight excluding hydrogens is 443 g/mol. The van der Waals surface area contributed by atoms with Crippen LogP contribution in [-0.4, -0.2) is 24.9 Å². The number of hydrogen-bond donors (Lipinski definition) is 1. The van der Waals surface area contributed by atoms with Gasteiger partial charge in [0.05, 0.1) is 11.3 Å². The summed E-state index contributed by atoms with van der Waals surface area (Å²) in [6.45, 7) is 2.05. The average Bonchev–Trinajstić information content (AvgIpc) is 2.42. The molecule has 110 valence electrons. The summed E-state index contributed by atoms with van der Waals surface area (Å²) in [4.78, 5) is 13.9. The van der Waals surface area contributed by atoms with Gasteiger partial charge in [0.25, 0.3) is 5.91 Å². The van der Waals surface area contributed by atoms with Crippen LogP contribution in [0, 0.1) is 10.5 Å². The zero-order valence-electron chi connectivity index (χ0n) is 12.1.